The highest BCUT2D eigenvalue weighted by Crippen LogP contribution is 2.27. The maximum atomic E-state index is 12.8. The van der Waals surface area contributed by atoms with Crippen molar-refractivity contribution in [3.8, 4) is 5.88 Å². The number of ether oxygens (including phenoxy) is 1. The van der Waals surface area contributed by atoms with E-state index in [1.807, 2.05) is 23.1 Å². The highest BCUT2D eigenvalue weighted by molar-refractivity contribution is 5.96. The molecule has 0 atom stereocenters. The van der Waals surface area contributed by atoms with Gasteiger partial charge in [0, 0.05) is 31.9 Å². The second-order valence-electron chi connectivity index (χ2n) is 6.56. The van der Waals surface area contributed by atoms with Gasteiger partial charge in [0.15, 0.2) is 0 Å². The average Bonchev–Trinajstić information content (AvgIpc) is 3.04. The van der Waals surface area contributed by atoms with Crippen molar-refractivity contribution in [3.05, 3.63) is 41.5 Å². The van der Waals surface area contributed by atoms with Crippen molar-refractivity contribution in [2.24, 2.45) is 0 Å². The highest BCUT2D eigenvalue weighted by Gasteiger charge is 2.27. The van der Waals surface area contributed by atoms with Crippen molar-refractivity contribution < 1.29 is 14.1 Å². The van der Waals surface area contributed by atoms with Crippen LogP contribution in [0.5, 0.6) is 5.88 Å². The molecule has 1 fully saturated rings. The molecule has 1 saturated heterocycles. The van der Waals surface area contributed by atoms with Gasteiger partial charge >= 0.3 is 0 Å². The summed E-state index contributed by atoms with van der Waals surface area (Å²) in [7, 11) is 1.60. The Labute approximate surface area is 156 Å². The summed E-state index contributed by atoms with van der Waals surface area (Å²) in [6.07, 6.45) is 1.50. The Balaban J connectivity index is 1.51. The fourth-order valence-corrected chi connectivity index (χ4v) is 3.49. The van der Waals surface area contributed by atoms with Crippen LogP contribution in [0.3, 0.4) is 0 Å². The molecule has 1 amide bonds. The molecule has 0 unspecified atom stereocenters. The molecular formula is C19H21N5O3. The van der Waals surface area contributed by atoms with Crippen LogP contribution in [0, 0.1) is 13.8 Å². The van der Waals surface area contributed by atoms with E-state index in [2.05, 4.69) is 20.0 Å². The quantitative estimate of drug-likeness (QED) is 0.701. The Morgan fingerprint density at radius 2 is 1.93 bits per heavy atom. The van der Waals surface area contributed by atoms with Crippen LogP contribution < -0.4 is 9.64 Å². The number of amides is 1. The fraction of sp³-hybridized carbons (Fsp3) is 0.368. The normalized spacial score (nSPS) is 14.6. The largest absolute Gasteiger partial charge is 0.480 e. The van der Waals surface area contributed by atoms with Gasteiger partial charge in [-0.05, 0) is 32.0 Å². The van der Waals surface area contributed by atoms with Crippen LogP contribution in [0.15, 0.2) is 29.0 Å². The minimum Gasteiger partial charge on any atom is -0.480 e. The van der Waals surface area contributed by atoms with E-state index in [1.54, 1.807) is 21.0 Å². The summed E-state index contributed by atoms with van der Waals surface area (Å²) in [5.74, 6) is 1.12. The Morgan fingerprint density at radius 1 is 1.15 bits per heavy atom. The molecule has 140 valence electrons. The third-order valence-corrected chi connectivity index (χ3v) is 4.95. The van der Waals surface area contributed by atoms with Gasteiger partial charge in [0.05, 0.1) is 23.7 Å². The van der Waals surface area contributed by atoms with E-state index in [0.717, 1.165) is 29.7 Å². The molecule has 0 N–H and O–H groups in total. The molecular weight excluding hydrogens is 346 g/mol. The lowest BCUT2D eigenvalue weighted by Crippen LogP contribution is -2.49. The first-order valence-electron chi connectivity index (χ1n) is 8.84. The molecule has 0 bridgehead atoms. The molecule has 1 aliphatic heterocycles. The number of rotatable bonds is 3. The standard InChI is InChI=1S/C19H21N5O3/c1-12-17(13(2)27-22-12)19(25)24-8-6-23(7-9-24)14-4-5-16-15(10-14)18(26-3)21-11-20-16/h4-5,10-11H,6-9H2,1-3H3. The van der Waals surface area contributed by atoms with E-state index in [4.69, 9.17) is 9.26 Å². The van der Waals surface area contributed by atoms with Gasteiger partial charge in [-0.25, -0.2) is 9.97 Å². The number of hydrogen-bond donors (Lipinski definition) is 0. The van der Waals surface area contributed by atoms with Crippen LogP contribution >= 0.6 is 0 Å². The average molecular weight is 367 g/mol. The summed E-state index contributed by atoms with van der Waals surface area (Å²) < 4.78 is 10.5. The zero-order valence-electron chi connectivity index (χ0n) is 15.6. The first-order valence-corrected chi connectivity index (χ1v) is 8.84. The zero-order chi connectivity index (χ0) is 19.0. The number of hydrogen-bond acceptors (Lipinski definition) is 7. The van der Waals surface area contributed by atoms with E-state index in [1.165, 1.54) is 6.33 Å². The number of methoxy groups -OCH3 is 1. The van der Waals surface area contributed by atoms with Gasteiger partial charge in [0.25, 0.3) is 5.91 Å². The lowest BCUT2D eigenvalue weighted by molar-refractivity contribution is 0.0744. The Bertz CT molecular complexity index is 973. The van der Waals surface area contributed by atoms with E-state index >= 15 is 0 Å². The third-order valence-electron chi connectivity index (χ3n) is 4.95. The topological polar surface area (TPSA) is 84.6 Å². The van der Waals surface area contributed by atoms with Gasteiger partial charge in [-0.1, -0.05) is 5.16 Å². The van der Waals surface area contributed by atoms with E-state index in [9.17, 15) is 4.79 Å². The molecule has 3 heterocycles. The van der Waals surface area contributed by atoms with Crippen LogP contribution in [-0.2, 0) is 0 Å². The molecule has 3 aromatic rings. The summed E-state index contributed by atoms with van der Waals surface area (Å²) in [6, 6.07) is 6.05. The summed E-state index contributed by atoms with van der Waals surface area (Å²) >= 11 is 0. The van der Waals surface area contributed by atoms with Crippen LogP contribution in [-0.4, -0.2) is 59.2 Å². The molecule has 1 aromatic carbocycles. The molecule has 8 nitrogen and oxygen atoms in total. The number of piperazine rings is 1. The second-order valence-corrected chi connectivity index (χ2v) is 6.56. The van der Waals surface area contributed by atoms with Gasteiger partial charge in [0.2, 0.25) is 5.88 Å². The molecule has 1 aliphatic rings. The van der Waals surface area contributed by atoms with Crippen molar-refractivity contribution >= 4 is 22.5 Å². The molecule has 27 heavy (non-hydrogen) atoms. The number of carbonyl (C=O) groups is 1. The number of carbonyl (C=O) groups excluding carboxylic acids is 1. The number of fused-ring (bicyclic) bond motifs is 1. The van der Waals surface area contributed by atoms with E-state index in [-0.39, 0.29) is 5.91 Å². The minimum atomic E-state index is -0.0144. The predicted octanol–water partition coefficient (Wildman–Crippen LogP) is 2.21. The van der Waals surface area contributed by atoms with Crippen molar-refractivity contribution in [1.82, 2.24) is 20.0 Å². The zero-order valence-corrected chi connectivity index (χ0v) is 15.6. The van der Waals surface area contributed by atoms with Crippen LogP contribution in [0.25, 0.3) is 10.9 Å². The minimum absolute atomic E-state index is 0.0144. The molecule has 2 aromatic heterocycles. The molecule has 0 spiro atoms. The molecule has 4 rings (SSSR count). The van der Waals surface area contributed by atoms with Crippen LogP contribution in [0.1, 0.15) is 21.8 Å². The van der Waals surface area contributed by atoms with E-state index in [0.29, 0.717) is 36.0 Å². The Hall–Kier alpha value is -3.16. The number of anilines is 1. The lowest BCUT2D eigenvalue weighted by atomic mass is 10.1. The maximum Gasteiger partial charge on any atom is 0.259 e. The lowest BCUT2D eigenvalue weighted by Gasteiger charge is -2.36. The summed E-state index contributed by atoms with van der Waals surface area (Å²) in [6.45, 7) is 6.35. The molecule has 0 radical (unpaired) electrons. The molecule has 8 heteroatoms. The number of aromatic nitrogens is 3. The number of benzene rings is 1. The van der Waals surface area contributed by atoms with Crippen molar-refractivity contribution in [3.63, 3.8) is 0 Å². The number of aryl methyl sites for hydroxylation is 2. The third kappa shape index (κ3) is 3.07. The predicted molar refractivity (Wildman–Crippen MR) is 100 cm³/mol. The molecule has 0 saturated carbocycles. The fourth-order valence-electron chi connectivity index (χ4n) is 3.49. The highest BCUT2D eigenvalue weighted by atomic mass is 16.5. The second kappa shape index (κ2) is 6.86. The Morgan fingerprint density at radius 3 is 2.59 bits per heavy atom. The van der Waals surface area contributed by atoms with Gasteiger partial charge in [-0.15, -0.1) is 0 Å². The first-order chi connectivity index (χ1) is 13.1. The Kier molecular flexibility index (Phi) is 4.39. The summed E-state index contributed by atoms with van der Waals surface area (Å²) in [5.41, 5.74) is 3.13. The first kappa shape index (κ1) is 17.3. The van der Waals surface area contributed by atoms with Crippen molar-refractivity contribution in [1.29, 1.82) is 0 Å². The van der Waals surface area contributed by atoms with Crippen molar-refractivity contribution in [2.45, 2.75) is 13.8 Å². The maximum absolute atomic E-state index is 12.8. The SMILES string of the molecule is COc1ncnc2ccc(N3CCN(C(=O)c4c(C)noc4C)CC3)cc12. The van der Waals surface area contributed by atoms with E-state index < -0.39 is 0 Å². The molecule has 0 aliphatic carbocycles. The summed E-state index contributed by atoms with van der Waals surface area (Å²) in [5, 5.41) is 4.76. The monoisotopic (exact) mass is 367 g/mol. The van der Waals surface area contributed by atoms with Gasteiger partial charge in [-0.3, -0.25) is 4.79 Å². The summed E-state index contributed by atoms with van der Waals surface area (Å²) in [4.78, 5) is 25.3. The van der Waals surface area contributed by atoms with Gasteiger partial charge in [0.1, 0.15) is 17.7 Å². The van der Waals surface area contributed by atoms with Crippen molar-refractivity contribution in [2.75, 3.05) is 38.2 Å². The smallest absolute Gasteiger partial charge is 0.259 e. The van der Waals surface area contributed by atoms with Crippen LogP contribution in [0.4, 0.5) is 5.69 Å². The van der Waals surface area contributed by atoms with Gasteiger partial charge < -0.3 is 19.1 Å². The van der Waals surface area contributed by atoms with Crippen LogP contribution in [0.2, 0.25) is 0 Å². The number of nitrogens with zero attached hydrogens (tertiary/aromatic N) is 5. The van der Waals surface area contributed by atoms with Gasteiger partial charge in [-0.2, -0.15) is 0 Å².